The summed E-state index contributed by atoms with van der Waals surface area (Å²) >= 11 is 0. The Morgan fingerprint density at radius 2 is 1.87 bits per heavy atom. The van der Waals surface area contributed by atoms with Crippen molar-refractivity contribution in [1.82, 2.24) is 4.90 Å². The second-order valence-electron chi connectivity index (χ2n) is 5.45. The first-order chi connectivity index (χ1) is 11.1. The van der Waals surface area contributed by atoms with Crippen molar-refractivity contribution in [3.8, 4) is 0 Å². The Bertz CT molecular complexity index is 732. The number of carbonyl (C=O) groups excluding carboxylic acids is 1. The molecule has 2 heterocycles. The first-order valence-electron chi connectivity index (χ1n) is 7.52. The number of nitrogens with zero attached hydrogens (tertiary/aromatic N) is 1. The molecule has 1 aliphatic rings. The summed E-state index contributed by atoms with van der Waals surface area (Å²) in [6.07, 6.45) is 5.83. The lowest BCUT2D eigenvalue weighted by Gasteiger charge is -2.21. The molecule has 23 heavy (non-hydrogen) atoms. The van der Waals surface area contributed by atoms with E-state index in [2.05, 4.69) is 0 Å². The van der Waals surface area contributed by atoms with Crippen molar-refractivity contribution < 1.29 is 19.1 Å². The van der Waals surface area contributed by atoms with Crippen molar-refractivity contribution in [3.63, 3.8) is 0 Å². The van der Waals surface area contributed by atoms with Gasteiger partial charge in [0.05, 0.1) is 6.04 Å². The number of likely N-dealkylation sites (tertiary alicyclic amines) is 1. The fourth-order valence-electron chi connectivity index (χ4n) is 2.74. The lowest BCUT2D eigenvalue weighted by Crippen LogP contribution is -2.34. The van der Waals surface area contributed by atoms with Crippen LogP contribution in [0, 0.1) is 0 Å². The molecule has 1 aromatic heterocycles. The topological polar surface area (TPSA) is 70.8 Å². The summed E-state index contributed by atoms with van der Waals surface area (Å²) in [5.74, 6) is -1.59. The first kappa shape index (κ1) is 15.1. The minimum absolute atomic E-state index is 0.00100. The third kappa shape index (κ3) is 3.34. The Kier molecular flexibility index (Phi) is 4.28. The first-order valence-corrected chi connectivity index (χ1v) is 7.52. The van der Waals surface area contributed by atoms with Gasteiger partial charge in [-0.1, -0.05) is 42.5 Å². The number of hydrogen-bond donors (Lipinski definition) is 1. The highest BCUT2D eigenvalue weighted by Gasteiger charge is 2.29. The minimum atomic E-state index is -1.18. The summed E-state index contributed by atoms with van der Waals surface area (Å²) in [5, 5.41) is 8.88. The average molecular weight is 311 g/mol. The van der Waals surface area contributed by atoms with E-state index in [1.807, 2.05) is 42.5 Å². The third-order valence-electron chi connectivity index (χ3n) is 3.90. The van der Waals surface area contributed by atoms with E-state index in [4.69, 9.17) is 9.52 Å². The Hall–Kier alpha value is -2.82. The zero-order valence-electron chi connectivity index (χ0n) is 12.5. The van der Waals surface area contributed by atoms with E-state index < -0.39 is 5.97 Å². The maximum Gasteiger partial charge on any atom is 0.371 e. The summed E-state index contributed by atoms with van der Waals surface area (Å²) in [6.45, 7) is 0.645. The Balaban J connectivity index is 1.74. The SMILES string of the molecule is O=C(O)c1ccc(C(=O)N2CCC[C@H]2/C=C/c2ccccc2)o1. The predicted molar refractivity (Wildman–Crippen MR) is 85.2 cm³/mol. The molecule has 0 bridgehead atoms. The van der Waals surface area contributed by atoms with E-state index in [0.29, 0.717) is 6.54 Å². The molecule has 0 aliphatic carbocycles. The van der Waals surface area contributed by atoms with Crippen LogP contribution >= 0.6 is 0 Å². The smallest absolute Gasteiger partial charge is 0.371 e. The van der Waals surface area contributed by atoms with E-state index in [1.54, 1.807) is 4.90 Å². The molecule has 5 nitrogen and oxygen atoms in total. The van der Waals surface area contributed by atoms with Gasteiger partial charge in [0, 0.05) is 6.54 Å². The van der Waals surface area contributed by atoms with E-state index in [0.717, 1.165) is 18.4 Å². The molecule has 118 valence electrons. The highest BCUT2D eigenvalue weighted by molar-refractivity contribution is 5.94. The quantitative estimate of drug-likeness (QED) is 0.940. The van der Waals surface area contributed by atoms with E-state index in [9.17, 15) is 9.59 Å². The molecule has 3 rings (SSSR count). The van der Waals surface area contributed by atoms with Gasteiger partial charge in [-0.3, -0.25) is 4.79 Å². The minimum Gasteiger partial charge on any atom is -0.475 e. The number of hydrogen-bond acceptors (Lipinski definition) is 3. The number of carboxylic acid groups (broad SMARTS) is 1. The Labute approximate surface area is 133 Å². The van der Waals surface area contributed by atoms with Crippen molar-refractivity contribution in [2.45, 2.75) is 18.9 Å². The zero-order chi connectivity index (χ0) is 16.2. The highest BCUT2D eigenvalue weighted by Crippen LogP contribution is 2.23. The average Bonchev–Trinajstić information content (AvgIpc) is 3.22. The van der Waals surface area contributed by atoms with Gasteiger partial charge in [0.2, 0.25) is 5.76 Å². The van der Waals surface area contributed by atoms with Gasteiger partial charge >= 0.3 is 5.97 Å². The molecule has 1 aliphatic heterocycles. The number of carbonyl (C=O) groups is 2. The predicted octanol–water partition coefficient (Wildman–Crippen LogP) is 3.30. The monoisotopic (exact) mass is 311 g/mol. The van der Waals surface area contributed by atoms with Crippen LogP contribution in [-0.2, 0) is 0 Å². The molecule has 5 heteroatoms. The van der Waals surface area contributed by atoms with Crippen molar-refractivity contribution in [3.05, 3.63) is 65.6 Å². The molecule has 1 atom stereocenters. The van der Waals surface area contributed by atoms with Crippen LogP contribution in [-0.4, -0.2) is 34.5 Å². The van der Waals surface area contributed by atoms with Crippen LogP contribution in [0.25, 0.3) is 6.08 Å². The molecule has 1 aromatic carbocycles. The van der Waals surface area contributed by atoms with Crippen LogP contribution in [0.1, 0.15) is 39.5 Å². The highest BCUT2D eigenvalue weighted by atomic mass is 16.4. The van der Waals surface area contributed by atoms with Crippen LogP contribution in [0.5, 0.6) is 0 Å². The maximum absolute atomic E-state index is 12.5. The molecule has 2 aromatic rings. The van der Waals surface area contributed by atoms with Gasteiger partial charge in [0.15, 0.2) is 5.76 Å². The molecule has 1 fully saturated rings. The molecular formula is C18H17NO4. The van der Waals surface area contributed by atoms with E-state index in [-0.39, 0.29) is 23.5 Å². The van der Waals surface area contributed by atoms with Crippen molar-refractivity contribution >= 4 is 18.0 Å². The van der Waals surface area contributed by atoms with E-state index in [1.165, 1.54) is 12.1 Å². The van der Waals surface area contributed by atoms with Crippen molar-refractivity contribution in [1.29, 1.82) is 0 Å². The standard InChI is InChI=1S/C18H17NO4/c20-17(15-10-11-16(23-15)18(21)22)19-12-4-7-14(19)9-8-13-5-2-1-3-6-13/h1-3,5-6,8-11,14H,4,7,12H2,(H,21,22)/b9-8+/t14-/m0/s1. The maximum atomic E-state index is 12.5. The summed E-state index contributed by atoms with van der Waals surface area (Å²) in [6, 6.07) is 12.6. The van der Waals surface area contributed by atoms with Gasteiger partial charge in [-0.25, -0.2) is 4.79 Å². The number of rotatable bonds is 4. The summed E-state index contributed by atoms with van der Waals surface area (Å²) in [7, 11) is 0. The lowest BCUT2D eigenvalue weighted by atomic mass is 10.1. The fourth-order valence-corrected chi connectivity index (χ4v) is 2.74. The molecule has 1 saturated heterocycles. The van der Waals surface area contributed by atoms with Crippen molar-refractivity contribution in [2.75, 3.05) is 6.54 Å². The fraction of sp³-hybridized carbons (Fsp3) is 0.222. The summed E-state index contributed by atoms with van der Waals surface area (Å²) in [4.78, 5) is 25.1. The normalized spacial score (nSPS) is 17.7. The Morgan fingerprint density at radius 1 is 1.13 bits per heavy atom. The molecular weight excluding hydrogens is 294 g/mol. The summed E-state index contributed by atoms with van der Waals surface area (Å²) < 4.78 is 5.12. The number of aromatic carboxylic acids is 1. The number of amides is 1. The van der Waals surface area contributed by atoms with Crippen LogP contribution in [0.15, 0.2) is 53.0 Å². The van der Waals surface area contributed by atoms with E-state index >= 15 is 0 Å². The summed E-state index contributed by atoms with van der Waals surface area (Å²) in [5.41, 5.74) is 1.08. The third-order valence-corrected chi connectivity index (χ3v) is 3.90. The van der Waals surface area contributed by atoms with Crippen LogP contribution in [0.3, 0.4) is 0 Å². The molecule has 0 spiro atoms. The number of benzene rings is 1. The van der Waals surface area contributed by atoms with Gasteiger partial charge in [0.1, 0.15) is 0 Å². The van der Waals surface area contributed by atoms with Gasteiger partial charge in [0.25, 0.3) is 5.91 Å². The van der Waals surface area contributed by atoms with Crippen LogP contribution in [0.4, 0.5) is 0 Å². The largest absolute Gasteiger partial charge is 0.475 e. The van der Waals surface area contributed by atoms with Crippen LogP contribution in [0.2, 0.25) is 0 Å². The molecule has 1 N–H and O–H groups in total. The second-order valence-corrected chi connectivity index (χ2v) is 5.45. The van der Waals surface area contributed by atoms with Crippen molar-refractivity contribution in [2.24, 2.45) is 0 Å². The number of carboxylic acids is 1. The van der Waals surface area contributed by atoms with Gasteiger partial charge < -0.3 is 14.4 Å². The lowest BCUT2D eigenvalue weighted by molar-refractivity contribution is 0.0650. The molecule has 0 radical (unpaired) electrons. The van der Waals surface area contributed by atoms with Crippen LogP contribution < -0.4 is 0 Å². The van der Waals surface area contributed by atoms with Gasteiger partial charge in [-0.2, -0.15) is 0 Å². The zero-order valence-corrected chi connectivity index (χ0v) is 12.5. The molecule has 0 unspecified atom stereocenters. The Morgan fingerprint density at radius 3 is 2.57 bits per heavy atom. The molecule has 0 saturated carbocycles. The molecule has 1 amide bonds. The number of furan rings is 1. The van der Waals surface area contributed by atoms with Gasteiger partial charge in [-0.05, 0) is 30.5 Å². The second kappa shape index (κ2) is 6.52. The van der Waals surface area contributed by atoms with Gasteiger partial charge in [-0.15, -0.1) is 0 Å².